The number of likely N-dealkylation sites (tertiary alicyclic amines) is 1. The van der Waals surface area contributed by atoms with E-state index in [2.05, 4.69) is 0 Å². The zero-order valence-electron chi connectivity index (χ0n) is 22.7. The number of nitrogens with two attached hydrogens (primary N) is 1. The molecule has 2 aliphatic heterocycles. The fourth-order valence-corrected chi connectivity index (χ4v) is 8.01. The van der Waals surface area contributed by atoms with Gasteiger partial charge in [0.25, 0.3) is 11.8 Å². The maximum Gasteiger partial charge on any atom is 0.328 e. The smallest absolute Gasteiger partial charge is 0.328 e. The van der Waals surface area contributed by atoms with Crippen LogP contribution in [0, 0.1) is 23.6 Å². The molecule has 3 fully saturated rings. The Labute approximate surface area is 253 Å². The first-order valence-corrected chi connectivity index (χ1v) is 13.9. The summed E-state index contributed by atoms with van der Waals surface area (Å²) in [6, 6.07) is 6.20. The van der Waals surface area contributed by atoms with Crippen LogP contribution in [0.5, 0.6) is 17.2 Å². The number of methoxy groups -OCH3 is 2. The van der Waals surface area contributed by atoms with Crippen molar-refractivity contribution in [1.29, 1.82) is 0 Å². The van der Waals surface area contributed by atoms with Crippen molar-refractivity contribution in [2.24, 2.45) is 23.5 Å². The van der Waals surface area contributed by atoms with E-state index in [0.29, 0.717) is 10.5 Å². The van der Waals surface area contributed by atoms with Gasteiger partial charge in [0, 0.05) is 5.92 Å². The molecule has 0 aromatic heterocycles. The number of rotatable bonds is 4. The number of halogens is 3. The summed E-state index contributed by atoms with van der Waals surface area (Å²) < 4.78 is 24.4. The SMILES string of the molecule is COc1cc(C2C3=CCC4C(=O)N(C(N)=O)C(=O)C4C3CC3(Cl)C(=O)N(c4ccc(F)cc4)C(=O)C23Cl)cc(OC)c1O. The van der Waals surface area contributed by atoms with Crippen LogP contribution in [0.15, 0.2) is 48.0 Å². The molecule has 2 aromatic carbocycles. The predicted octanol–water partition coefficient (Wildman–Crippen LogP) is 3.19. The van der Waals surface area contributed by atoms with Crippen LogP contribution >= 0.6 is 23.2 Å². The third-order valence-electron chi connectivity index (χ3n) is 8.95. The Morgan fingerprint density at radius 1 is 1.00 bits per heavy atom. The standard InChI is InChI=1S/C29H24Cl2FN3O8/c1-42-18-9-12(10-19(43-2)22(18)36)21-15-7-8-16-20(24(38)35(23(16)37)27(33)41)17(15)11-28(30)25(39)34(26(40)29(21,28)31)14-5-3-13(32)4-6-14/h3-7,9-10,16-17,20-21,36H,8,11H2,1-2H3,(H2,33,41). The lowest BCUT2D eigenvalue weighted by Crippen LogP contribution is -2.60. The number of hydrogen-bond donors (Lipinski definition) is 2. The maximum atomic E-state index is 14.3. The lowest BCUT2D eigenvalue weighted by atomic mass is 9.56. The van der Waals surface area contributed by atoms with Gasteiger partial charge in [-0.1, -0.05) is 11.6 Å². The molecule has 2 saturated heterocycles. The number of fused-ring (bicyclic) bond motifs is 4. The molecule has 1 saturated carbocycles. The summed E-state index contributed by atoms with van der Waals surface area (Å²) in [7, 11) is 2.60. The third kappa shape index (κ3) is 3.69. The molecule has 6 unspecified atom stereocenters. The molecule has 0 radical (unpaired) electrons. The van der Waals surface area contributed by atoms with Crippen LogP contribution in [-0.2, 0) is 19.2 Å². The fourth-order valence-electron chi connectivity index (χ4n) is 7.07. The second kappa shape index (κ2) is 9.68. The van der Waals surface area contributed by atoms with Crippen molar-refractivity contribution in [3.8, 4) is 17.2 Å². The van der Waals surface area contributed by atoms with Crippen molar-refractivity contribution < 1.29 is 42.9 Å². The van der Waals surface area contributed by atoms with E-state index in [-0.39, 0.29) is 41.3 Å². The average molecular weight is 632 g/mol. The quantitative estimate of drug-likeness (QED) is 0.296. The summed E-state index contributed by atoms with van der Waals surface area (Å²) in [5, 5.41) is 10.6. The summed E-state index contributed by atoms with van der Waals surface area (Å²) in [4.78, 5) is 63.9. The molecule has 0 bridgehead atoms. The summed E-state index contributed by atoms with van der Waals surface area (Å²) in [5.74, 6) is -8.66. The molecular formula is C29H24Cl2FN3O8. The van der Waals surface area contributed by atoms with Gasteiger partial charge in [0.1, 0.15) is 5.82 Å². The molecule has 0 spiro atoms. The highest BCUT2D eigenvalue weighted by Gasteiger charge is 2.76. The van der Waals surface area contributed by atoms with E-state index >= 15 is 0 Å². The normalized spacial score (nSPS) is 31.4. The molecule has 224 valence electrons. The molecule has 11 nitrogen and oxygen atoms in total. The van der Waals surface area contributed by atoms with E-state index in [4.69, 9.17) is 38.4 Å². The molecule has 14 heteroatoms. The van der Waals surface area contributed by atoms with Crippen LogP contribution in [0.4, 0.5) is 14.9 Å². The molecule has 2 heterocycles. The van der Waals surface area contributed by atoms with E-state index in [1.54, 1.807) is 6.08 Å². The van der Waals surface area contributed by atoms with Gasteiger partial charge in [-0.25, -0.2) is 14.1 Å². The first-order valence-electron chi connectivity index (χ1n) is 13.2. The minimum absolute atomic E-state index is 0.0137. The Morgan fingerprint density at radius 3 is 2.16 bits per heavy atom. The van der Waals surface area contributed by atoms with E-state index in [0.717, 1.165) is 17.0 Å². The molecule has 3 N–H and O–H groups in total. The largest absolute Gasteiger partial charge is 0.502 e. The van der Waals surface area contributed by atoms with Crippen LogP contribution in [-0.4, -0.2) is 63.6 Å². The molecule has 2 aromatic rings. The Kier molecular flexibility index (Phi) is 6.51. The summed E-state index contributed by atoms with van der Waals surface area (Å²) in [6.07, 6.45) is 1.33. The molecule has 6 rings (SSSR count). The lowest BCUT2D eigenvalue weighted by Gasteiger charge is -2.50. The highest BCUT2D eigenvalue weighted by Crippen LogP contribution is 2.66. The van der Waals surface area contributed by atoms with Gasteiger partial charge in [0.05, 0.1) is 31.7 Å². The highest BCUT2D eigenvalue weighted by molar-refractivity contribution is 6.58. The van der Waals surface area contributed by atoms with Crippen molar-refractivity contribution in [1.82, 2.24) is 4.90 Å². The van der Waals surface area contributed by atoms with Crippen LogP contribution in [0.25, 0.3) is 0 Å². The van der Waals surface area contributed by atoms with Gasteiger partial charge >= 0.3 is 6.03 Å². The van der Waals surface area contributed by atoms with Crippen molar-refractivity contribution in [2.45, 2.75) is 28.5 Å². The third-order valence-corrected chi connectivity index (χ3v) is 10.4. The second-order valence-electron chi connectivity index (χ2n) is 10.9. The molecule has 43 heavy (non-hydrogen) atoms. The Balaban J connectivity index is 1.60. The van der Waals surface area contributed by atoms with Crippen LogP contribution < -0.4 is 20.1 Å². The van der Waals surface area contributed by atoms with E-state index < -0.39 is 68.9 Å². The highest BCUT2D eigenvalue weighted by atomic mass is 35.5. The maximum absolute atomic E-state index is 14.3. The van der Waals surface area contributed by atoms with E-state index in [1.165, 1.54) is 38.5 Å². The number of allylic oxidation sites excluding steroid dienone is 2. The number of hydrogen-bond acceptors (Lipinski definition) is 8. The van der Waals surface area contributed by atoms with Crippen molar-refractivity contribution in [3.05, 3.63) is 59.4 Å². The summed E-state index contributed by atoms with van der Waals surface area (Å²) in [6.45, 7) is 0. The van der Waals surface area contributed by atoms with Crippen molar-refractivity contribution in [3.63, 3.8) is 0 Å². The minimum Gasteiger partial charge on any atom is -0.502 e. The molecule has 2 aliphatic carbocycles. The first-order chi connectivity index (χ1) is 20.3. The number of urea groups is 1. The van der Waals surface area contributed by atoms with Gasteiger partial charge in [-0.15, -0.1) is 23.2 Å². The first kappa shape index (κ1) is 28.9. The predicted molar refractivity (Wildman–Crippen MR) is 149 cm³/mol. The number of nitrogens with zero attached hydrogens (tertiary/aromatic N) is 2. The number of ether oxygens (including phenoxy) is 2. The summed E-state index contributed by atoms with van der Waals surface area (Å²) in [5.41, 5.74) is 6.07. The Morgan fingerprint density at radius 2 is 1.60 bits per heavy atom. The number of phenolic OH excluding ortho intramolecular Hbond substituents is 1. The minimum atomic E-state index is -2.21. The fraction of sp³-hybridized carbons (Fsp3) is 0.345. The monoisotopic (exact) mass is 631 g/mol. The number of carbonyl (C=O) groups is 5. The van der Waals surface area contributed by atoms with E-state index in [9.17, 15) is 33.5 Å². The van der Waals surface area contributed by atoms with Crippen molar-refractivity contribution in [2.75, 3.05) is 19.1 Å². The van der Waals surface area contributed by atoms with Gasteiger partial charge in [0.2, 0.25) is 17.6 Å². The number of alkyl halides is 2. The zero-order valence-corrected chi connectivity index (χ0v) is 24.2. The number of aromatic hydroxyl groups is 1. The zero-order chi connectivity index (χ0) is 31.2. The second-order valence-corrected chi connectivity index (χ2v) is 12.1. The topological polar surface area (TPSA) is 157 Å². The number of phenols is 1. The molecule has 4 aliphatic rings. The number of amides is 6. The Hall–Kier alpha value is -4.16. The van der Waals surface area contributed by atoms with Crippen LogP contribution in [0.1, 0.15) is 24.3 Å². The van der Waals surface area contributed by atoms with Gasteiger partial charge in [-0.3, -0.25) is 19.2 Å². The van der Waals surface area contributed by atoms with Crippen LogP contribution in [0.2, 0.25) is 0 Å². The number of imide groups is 4. The average Bonchev–Trinajstić information content (AvgIpc) is 3.32. The van der Waals surface area contributed by atoms with Gasteiger partial charge in [-0.05, 0) is 60.7 Å². The number of primary amides is 1. The lowest BCUT2D eigenvalue weighted by molar-refractivity contribution is -0.136. The summed E-state index contributed by atoms with van der Waals surface area (Å²) >= 11 is 14.5. The van der Waals surface area contributed by atoms with E-state index in [1.807, 2.05) is 0 Å². The van der Waals surface area contributed by atoms with Crippen molar-refractivity contribution >= 4 is 58.5 Å². The number of carbonyl (C=O) groups excluding carboxylic acids is 5. The van der Waals surface area contributed by atoms with Gasteiger partial charge in [-0.2, -0.15) is 4.90 Å². The number of benzene rings is 2. The Bertz CT molecular complexity index is 1640. The van der Waals surface area contributed by atoms with Gasteiger partial charge < -0.3 is 20.3 Å². The molecule has 6 amide bonds. The van der Waals surface area contributed by atoms with Crippen LogP contribution in [0.3, 0.4) is 0 Å². The molecular weight excluding hydrogens is 608 g/mol. The molecule has 6 atom stereocenters. The van der Waals surface area contributed by atoms with Gasteiger partial charge in [0.15, 0.2) is 21.2 Å². The number of anilines is 1.